The van der Waals surface area contributed by atoms with E-state index >= 15 is 0 Å². The third-order valence-electron chi connectivity index (χ3n) is 8.69. The average molecular weight is 523 g/mol. The van der Waals surface area contributed by atoms with Crippen LogP contribution in [-0.2, 0) is 0 Å². The van der Waals surface area contributed by atoms with Gasteiger partial charge in [0.05, 0.1) is 0 Å². The molecule has 0 heterocycles. The molecule has 0 unspecified atom stereocenters. The van der Waals surface area contributed by atoms with Crippen molar-refractivity contribution in [2.45, 2.75) is 219 Å². The molecule has 0 radical (unpaired) electrons. The lowest BCUT2D eigenvalue weighted by atomic mass is 9.94. The van der Waals surface area contributed by atoms with Crippen molar-refractivity contribution in [1.82, 2.24) is 0 Å². The van der Waals surface area contributed by atoms with Crippen LogP contribution in [0.3, 0.4) is 0 Å². The molecule has 0 aliphatic heterocycles. The van der Waals surface area contributed by atoms with Crippen LogP contribution in [0.5, 0.6) is 0 Å². The zero-order chi connectivity index (χ0) is 26.9. The van der Waals surface area contributed by atoms with E-state index in [9.17, 15) is 5.11 Å². The van der Waals surface area contributed by atoms with E-state index in [2.05, 4.69) is 13.8 Å². The highest BCUT2D eigenvalue weighted by molar-refractivity contribution is 4.60. The van der Waals surface area contributed by atoms with Crippen LogP contribution in [-0.4, -0.2) is 11.7 Å². The van der Waals surface area contributed by atoms with Gasteiger partial charge in [0, 0.05) is 6.61 Å². The largest absolute Gasteiger partial charge is 0.396 e. The van der Waals surface area contributed by atoms with E-state index in [1.807, 2.05) is 0 Å². The summed E-state index contributed by atoms with van der Waals surface area (Å²) in [5, 5.41) is 9.76. The minimum Gasteiger partial charge on any atom is -0.396 e. The number of aliphatic hydroxyl groups is 1. The van der Waals surface area contributed by atoms with Gasteiger partial charge in [-0.1, -0.05) is 206 Å². The van der Waals surface area contributed by atoms with E-state index < -0.39 is 0 Å². The normalized spacial score (nSPS) is 12.4. The molecule has 1 heteroatoms. The molecular weight excluding hydrogens is 448 g/mol. The Bertz CT molecular complexity index is 379. The van der Waals surface area contributed by atoms with Crippen LogP contribution in [0.2, 0.25) is 0 Å². The predicted octanol–water partition coefficient (Wildman–Crippen LogP) is 13.1. The fourth-order valence-electron chi connectivity index (χ4n) is 5.94. The number of rotatable bonds is 33. The lowest BCUT2D eigenvalue weighted by molar-refractivity contribution is 0.204. The third-order valence-corrected chi connectivity index (χ3v) is 8.69. The van der Waals surface area contributed by atoms with Crippen molar-refractivity contribution in [2.75, 3.05) is 6.61 Å². The lowest BCUT2D eigenvalue weighted by Crippen LogP contribution is -2.06. The molecule has 1 nitrogen and oxygen atoms in total. The monoisotopic (exact) mass is 523 g/mol. The number of aliphatic hydroxyl groups excluding tert-OH is 1. The summed E-state index contributed by atoms with van der Waals surface area (Å²) >= 11 is 0. The van der Waals surface area contributed by atoms with Gasteiger partial charge in [0.2, 0.25) is 0 Å². The second kappa shape index (κ2) is 34.0. The zero-order valence-corrected chi connectivity index (χ0v) is 26.4. The second-order valence-corrected chi connectivity index (χ2v) is 12.5. The molecule has 0 fully saturated rings. The van der Waals surface area contributed by atoms with E-state index in [0.29, 0.717) is 12.5 Å². The molecule has 0 spiro atoms. The minimum atomic E-state index is 0.414. The van der Waals surface area contributed by atoms with Gasteiger partial charge in [0.25, 0.3) is 0 Å². The van der Waals surface area contributed by atoms with Gasteiger partial charge in [-0.15, -0.1) is 0 Å². The van der Waals surface area contributed by atoms with Crippen LogP contribution in [0, 0.1) is 5.92 Å². The summed E-state index contributed by atoms with van der Waals surface area (Å²) in [5.41, 5.74) is 0. The van der Waals surface area contributed by atoms with Crippen molar-refractivity contribution in [3.05, 3.63) is 0 Å². The molecule has 1 atom stereocenters. The molecule has 0 saturated heterocycles. The van der Waals surface area contributed by atoms with Gasteiger partial charge in [-0.3, -0.25) is 0 Å². The molecule has 1 N–H and O–H groups in total. The lowest BCUT2D eigenvalue weighted by Gasteiger charge is -2.13. The van der Waals surface area contributed by atoms with Crippen LogP contribution in [0.1, 0.15) is 219 Å². The topological polar surface area (TPSA) is 20.2 Å². The van der Waals surface area contributed by atoms with Crippen LogP contribution in [0.15, 0.2) is 0 Å². The van der Waals surface area contributed by atoms with Crippen molar-refractivity contribution in [3.8, 4) is 0 Å². The predicted molar refractivity (Wildman–Crippen MR) is 170 cm³/mol. The maximum Gasteiger partial charge on any atom is 0.0459 e. The fourth-order valence-corrected chi connectivity index (χ4v) is 5.94. The second-order valence-electron chi connectivity index (χ2n) is 12.5. The van der Waals surface area contributed by atoms with E-state index in [-0.39, 0.29) is 0 Å². The Hall–Kier alpha value is -0.0400. The molecule has 224 valence electrons. The molecule has 0 aliphatic carbocycles. The van der Waals surface area contributed by atoms with Crippen LogP contribution in [0.25, 0.3) is 0 Å². The van der Waals surface area contributed by atoms with Crippen molar-refractivity contribution < 1.29 is 5.11 Å². The molecule has 0 rings (SSSR count). The average Bonchev–Trinajstić information content (AvgIpc) is 2.91. The highest BCUT2D eigenvalue weighted by Gasteiger charge is 2.07. The van der Waals surface area contributed by atoms with Crippen LogP contribution < -0.4 is 0 Å². The van der Waals surface area contributed by atoms with E-state index in [1.54, 1.807) is 0 Å². The fraction of sp³-hybridized carbons (Fsp3) is 1.00. The van der Waals surface area contributed by atoms with Crippen LogP contribution >= 0.6 is 0 Å². The molecule has 0 aromatic heterocycles. The minimum absolute atomic E-state index is 0.414. The summed E-state index contributed by atoms with van der Waals surface area (Å²) in [6.45, 7) is 5.01. The molecule has 0 bridgehead atoms. The maximum atomic E-state index is 9.76. The van der Waals surface area contributed by atoms with Gasteiger partial charge in [-0.25, -0.2) is 0 Å². The standard InChI is InChI=1S/C36H74O/c1-3-5-7-9-11-13-15-17-19-20-22-24-26-28-30-32-34-36(35-37)33-31-29-27-25-23-21-18-16-14-12-10-8-6-4-2/h36-37H,3-35H2,1-2H3/t36-/m1/s1. The molecule has 0 amide bonds. The first-order chi connectivity index (χ1) is 18.3. The van der Waals surface area contributed by atoms with Crippen molar-refractivity contribution in [2.24, 2.45) is 5.92 Å². The van der Waals surface area contributed by atoms with Gasteiger partial charge >= 0.3 is 0 Å². The highest BCUT2D eigenvalue weighted by Crippen LogP contribution is 2.20. The zero-order valence-electron chi connectivity index (χ0n) is 26.4. The summed E-state index contributed by atoms with van der Waals surface area (Å²) in [6, 6.07) is 0. The quantitative estimate of drug-likeness (QED) is 0.0849. The molecule has 0 aromatic rings. The molecule has 0 saturated carbocycles. The maximum absolute atomic E-state index is 9.76. The molecule has 37 heavy (non-hydrogen) atoms. The Morgan fingerprint density at radius 2 is 0.486 bits per heavy atom. The van der Waals surface area contributed by atoms with Gasteiger partial charge in [-0.05, 0) is 18.8 Å². The smallest absolute Gasteiger partial charge is 0.0459 e. The van der Waals surface area contributed by atoms with Gasteiger partial charge in [-0.2, -0.15) is 0 Å². The Labute approximate surface area is 236 Å². The first-order valence-electron chi connectivity index (χ1n) is 18.0. The number of unbranched alkanes of at least 4 members (excludes halogenated alkanes) is 28. The van der Waals surface area contributed by atoms with Crippen molar-refractivity contribution in [1.29, 1.82) is 0 Å². The molecule has 0 aliphatic rings. The summed E-state index contributed by atoms with van der Waals surface area (Å²) in [7, 11) is 0. The highest BCUT2D eigenvalue weighted by atomic mass is 16.3. The van der Waals surface area contributed by atoms with E-state index in [4.69, 9.17) is 0 Å². The molecular formula is C36H74O. The Morgan fingerprint density at radius 3 is 0.676 bits per heavy atom. The summed E-state index contributed by atoms with van der Waals surface area (Å²) in [4.78, 5) is 0. The molecule has 0 aromatic carbocycles. The summed E-state index contributed by atoms with van der Waals surface area (Å²) in [5.74, 6) is 0.573. The van der Waals surface area contributed by atoms with E-state index in [1.165, 1.54) is 205 Å². The van der Waals surface area contributed by atoms with E-state index in [0.717, 1.165) is 0 Å². The Balaban J connectivity index is 3.25. The van der Waals surface area contributed by atoms with Crippen molar-refractivity contribution in [3.63, 3.8) is 0 Å². The van der Waals surface area contributed by atoms with Crippen molar-refractivity contribution >= 4 is 0 Å². The first-order valence-corrected chi connectivity index (χ1v) is 18.0. The number of hydrogen-bond acceptors (Lipinski definition) is 1. The summed E-state index contributed by atoms with van der Waals surface area (Å²) < 4.78 is 0. The van der Waals surface area contributed by atoms with Gasteiger partial charge in [0.15, 0.2) is 0 Å². The Morgan fingerprint density at radius 1 is 0.297 bits per heavy atom. The van der Waals surface area contributed by atoms with Gasteiger partial charge in [0.1, 0.15) is 0 Å². The first kappa shape index (κ1) is 37.0. The number of hydrogen-bond donors (Lipinski definition) is 1. The SMILES string of the molecule is CCCCCCCCCCCCCCCCCC[C@H](CO)CCCCCCCCCCCCCCCC. The van der Waals surface area contributed by atoms with Gasteiger partial charge < -0.3 is 5.11 Å². The van der Waals surface area contributed by atoms with Crippen LogP contribution in [0.4, 0.5) is 0 Å². The Kier molecular flexibility index (Phi) is 34.0. The summed E-state index contributed by atoms with van der Waals surface area (Å²) in [6.07, 6.45) is 45.5. The third kappa shape index (κ3) is 32.1.